The monoisotopic (exact) mass is 451 g/mol. The predicted molar refractivity (Wildman–Crippen MR) is 117 cm³/mol. The molecule has 8 heteroatoms. The van der Waals surface area contributed by atoms with Crippen LogP contribution >= 0.6 is 15.9 Å². The van der Waals surface area contributed by atoms with Crippen molar-refractivity contribution in [3.05, 3.63) is 63.6 Å². The van der Waals surface area contributed by atoms with Crippen LogP contribution in [0.3, 0.4) is 0 Å². The molecular formula is C21H22BrN7. The molecule has 3 aromatic rings. The van der Waals surface area contributed by atoms with Crippen molar-refractivity contribution >= 4 is 27.6 Å². The van der Waals surface area contributed by atoms with Gasteiger partial charge in [0, 0.05) is 42.4 Å². The normalized spacial score (nSPS) is 16.8. The second-order valence-electron chi connectivity index (χ2n) is 7.54. The Balaban J connectivity index is 1.70. The zero-order valence-corrected chi connectivity index (χ0v) is 18.1. The molecule has 1 fully saturated rings. The number of hydrogen-bond donors (Lipinski definition) is 0. The Morgan fingerprint density at radius 1 is 1.03 bits per heavy atom. The molecule has 5 rings (SSSR count). The maximum absolute atomic E-state index is 4.91. The van der Waals surface area contributed by atoms with Gasteiger partial charge in [-0.15, -0.1) is 10.2 Å². The fourth-order valence-electron chi connectivity index (χ4n) is 4.02. The Hall–Kier alpha value is -2.58. The third-order valence-corrected chi connectivity index (χ3v) is 5.99. The highest BCUT2D eigenvalue weighted by Gasteiger charge is 2.28. The molecule has 1 saturated heterocycles. The first-order chi connectivity index (χ1) is 14.1. The molecular weight excluding hydrogens is 430 g/mol. The largest absolute Gasteiger partial charge is 0.338 e. The lowest BCUT2D eigenvalue weighted by Gasteiger charge is -2.33. The van der Waals surface area contributed by atoms with E-state index in [9.17, 15) is 0 Å². The zero-order valence-electron chi connectivity index (χ0n) is 16.5. The SMILES string of the molecule is Cc1cc(Br)cc2c1-n1c(nnc1N1CCN(C)CC1)CN=C2c1ccccn1. The summed E-state index contributed by atoms with van der Waals surface area (Å²) in [5.74, 6) is 1.76. The Morgan fingerprint density at radius 3 is 2.62 bits per heavy atom. The number of aliphatic imine (C=N–C) groups is 1. The molecule has 0 N–H and O–H groups in total. The third kappa shape index (κ3) is 3.26. The number of benzene rings is 1. The van der Waals surface area contributed by atoms with Gasteiger partial charge < -0.3 is 9.80 Å². The first kappa shape index (κ1) is 18.4. The highest BCUT2D eigenvalue weighted by molar-refractivity contribution is 9.10. The quantitative estimate of drug-likeness (QED) is 0.599. The molecule has 7 nitrogen and oxygen atoms in total. The van der Waals surface area contributed by atoms with Gasteiger partial charge in [0.1, 0.15) is 6.54 Å². The van der Waals surface area contributed by atoms with E-state index in [1.54, 1.807) is 0 Å². The number of anilines is 1. The van der Waals surface area contributed by atoms with Crippen molar-refractivity contribution in [3.63, 3.8) is 0 Å². The number of aromatic nitrogens is 4. The standard InChI is InChI=1S/C21H22BrN7/c1-14-11-15(22)12-16-19(17-5-3-4-6-23-17)24-13-18-25-26-21(29(18)20(14)16)28-9-7-27(2)8-10-28/h3-6,11-12H,7-10,13H2,1-2H3. The minimum atomic E-state index is 0.471. The van der Waals surface area contributed by atoms with Gasteiger partial charge in [0.05, 0.1) is 17.1 Å². The Labute approximate surface area is 178 Å². The summed E-state index contributed by atoms with van der Waals surface area (Å²) in [4.78, 5) is 14.1. The van der Waals surface area contributed by atoms with Crippen LogP contribution in [-0.2, 0) is 6.54 Å². The lowest BCUT2D eigenvalue weighted by Crippen LogP contribution is -2.45. The van der Waals surface area contributed by atoms with Crippen LogP contribution in [0.1, 0.15) is 22.6 Å². The van der Waals surface area contributed by atoms with Gasteiger partial charge in [-0.1, -0.05) is 22.0 Å². The lowest BCUT2D eigenvalue weighted by molar-refractivity contribution is 0.310. The summed E-state index contributed by atoms with van der Waals surface area (Å²) in [6.07, 6.45) is 1.81. The highest BCUT2D eigenvalue weighted by atomic mass is 79.9. The molecule has 0 spiro atoms. The van der Waals surface area contributed by atoms with Crippen molar-refractivity contribution in [2.24, 2.45) is 4.99 Å². The van der Waals surface area contributed by atoms with E-state index in [1.807, 2.05) is 24.4 Å². The fraction of sp³-hybridized carbons (Fsp3) is 0.333. The van der Waals surface area contributed by atoms with Crippen LogP contribution in [0.4, 0.5) is 5.95 Å². The number of halogens is 1. The summed E-state index contributed by atoms with van der Waals surface area (Å²) in [6.45, 7) is 6.51. The first-order valence-corrected chi connectivity index (χ1v) is 10.6. The van der Waals surface area contributed by atoms with Crippen LogP contribution in [0, 0.1) is 6.92 Å². The predicted octanol–water partition coefficient (Wildman–Crippen LogP) is 2.84. The average molecular weight is 452 g/mol. The Kier molecular flexibility index (Phi) is 4.67. The summed E-state index contributed by atoms with van der Waals surface area (Å²) in [5.41, 5.74) is 5.04. The van der Waals surface area contributed by atoms with Crippen molar-refractivity contribution in [2.45, 2.75) is 13.5 Å². The van der Waals surface area contributed by atoms with Crippen LogP contribution < -0.4 is 4.90 Å². The number of fused-ring (bicyclic) bond motifs is 3. The Bertz CT molecular complexity index is 1080. The van der Waals surface area contributed by atoms with Crippen LogP contribution in [0.25, 0.3) is 5.69 Å². The maximum atomic E-state index is 4.91. The molecule has 29 heavy (non-hydrogen) atoms. The minimum absolute atomic E-state index is 0.471. The fourth-order valence-corrected chi connectivity index (χ4v) is 4.59. The molecule has 0 unspecified atom stereocenters. The van der Waals surface area contributed by atoms with E-state index in [1.165, 1.54) is 0 Å². The number of pyridine rings is 1. The zero-order chi connectivity index (χ0) is 20.0. The van der Waals surface area contributed by atoms with Crippen molar-refractivity contribution in [1.82, 2.24) is 24.6 Å². The van der Waals surface area contributed by atoms with Gasteiger partial charge in [-0.3, -0.25) is 14.5 Å². The molecule has 0 saturated carbocycles. The van der Waals surface area contributed by atoms with Gasteiger partial charge in [-0.25, -0.2) is 0 Å². The number of rotatable bonds is 2. The smallest absolute Gasteiger partial charge is 0.232 e. The van der Waals surface area contributed by atoms with Gasteiger partial charge in [0.15, 0.2) is 5.82 Å². The van der Waals surface area contributed by atoms with Crippen LogP contribution in [0.15, 0.2) is 46.0 Å². The minimum Gasteiger partial charge on any atom is -0.338 e. The lowest BCUT2D eigenvalue weighted by atomic mass is 10.0. The molecule has 0 bridgehead atoms. The molecule has 2 aliphatic rings. The van der Waals surface area contributed by atoms with Crippen molar-refractivity contribution in [3.8, 4) is 5.69 Å². The summed E-state index contributed by atoms with van der Waals surface area (Å²) in [6, 6.07) is 10.2. The summed E-state index contributed by atoms with van der Waals surface area (Å²) in [7, 11) is 2.16. The van der Waals surface area contributed by atoms with Crippen LogP contribution in [0.2, 0.25) is 0 Å². The van der Waals surface area contributed by atoms with Crippen molar-refractivity contribution in [2.75, 3.05) is 38.1 Å². The molecule has 2 aromatic heterocycles. The molecule has 0 atom stereocenters. The van der Waals surface area contributed by atoms with E-state index < -0.39 is 0 Å². The molecule has 1 aromatic carbocycles. The first-order valence-electron chi connectivity index (χ1n) is 9.76. The van der Waals surface area contributed by atoms with Crippen molar-refractivity contribution < 1.29 is 0 Å². The van der Waals surface area contributed by atoms with E-state index in [-0.39, 0.29) is 0 Å². The highest BCUT2D eigenvalue weighted by Crippen LogP contribution is 2.33. The maximum Gasteiger partial charge on any atom is 0.232 e. The summed E-state index contributed by atoms with van der Waals surface area (Å²) in [5, 5.41) is 9.09. The number of likely N-dealkylation sites (N-methyl/N-ethyl adjacent to an activating group) is 1. The van der Waals surface area contributed by atoms with Crippen LogP contribution in [-0.4, -0.2) is 63.6 Å². The third-order valence-electron chi connectivity index (χ3n) is 5.53. The second kappa shape index (κ2) is 7.35. The number of piperazine rings is 1. The van der Waals surface area contributed by atoms with E-state index >= 15 is 0 Å². The van der Waals surface area contributed by atoms with E-state index in [0.717, 1.165) is 70.6 Å². The van der Waals surface area contributed by atoms with E-state index in [0.29, 0.717) is 6.54 Å². The summed E-state index contributed by atoms with van der Waals surface area (Å²) < 4.78 is 3.22. The molecule has 0 radical (unpaired) electrons. The average Bonchev–Trinajstić information content (AvgIpc) is 3.05. The Morgan fingerprint density at radius 2 is 1.86 bits per heavy atom. The van der Waals surface area contributed by atoms with Crippen LogP contribution in [0.5, 0.6) is 0 Å². The van der Waals surface area contributed by atoms with E-state index in [2.05, 4.69) is 71.6 Å². The van der Waals surface area contributed by atoms with Crippen molar-refractivity contribution in [1.29, 1.82) is 0 Å². The molecule has 0 amide bonds. The molecule has 4 heterocycles. The van der Waals surface area contributed by atoms with Gasteiger partial charge in [0.25, 0.3) is 0 Å². The second-order valence-corrected chi connectivity index (χ2v) is 8.46. The summed E-state index contributed by atoms with van der Waals surface area (Å²) >= 11 is 3.67. The molecule has 148 valence electrons. The van der Waals surface area contributed by atoms with Gasteiger partial charge in [-0.2, -0.15) is 0 Å². The van der Waals surface area contributed by atoms with Gasteiger partial charge in [0.2, 0.25) is 5.95 Å². The molecule has 0 aliphatic carbocycles. The number of hydrogen-bond acceptors (Lipinski definition) is 6. The van der Waals surface area contributed by atoms with Gasteiger partial charge >= 0.3 is 0 Å². The van der Waals surface area contributed by atoms with Gasteiger partial charge in [-0.05, 0) is 43.8 Å². The number of nitrogens with zero attached hydrogens (tertiary/aromatic N) is 7. The number of aryl methyl sites for hydroxylation is 1. The topological polar surface area (TPSA) is 62.4 Å². The van der Waals surface area contributed by atoms with E-state index in [4.69, 9.17) is 4.99 Å². The molecule has 2 aliphatic heterocycles.